The van der Waals surface area contributed by atoms with Gasteiger partial charge >= 0.3 is 0 Å². The number of hydrogen-bond acceptors (Lipinski definition) is 4. The van der Waals surface area contributed by atoms with Crippen molar-refractivity contribution in [1.82, 2.24) is 14.8 Å². The monoisotopic (exact) mass is 371 g/mol. The Bertz CT molecular complexity index is 889. The van der Waals surface area contributed by atoms with Crippen molar-refractivity contribution >= 4 is 39.7 Å². The van der Waals surface area contributed by atoms with Crippen LogP contribution in [0.2, 0.25) is 5.15 Å². The third-order valence-corrected chi connectivity index (χ3v) is 5.72. The van der Waals surface area contributed by atoms with Crippen LogP contribution in [0, 0.1) is 0 Å². The fraction of sp³-hybridized carbons (Fsp3) is 0.263. The summed E-state index contributed by atoms with van der Waals surface area (Å²) in [5.41, 5.74) is 1.96. The predicted octanol–water partition coefficient (Wildman–Crippen LogP) is 3.91. The molecular weight excluding hydrogens is 354 g/mol. The summed E-state index contributed by atoms with van der Waals surface area (Å²) in [6, 6.07) is 13.9. The Labute approximate surface area is 155 Å². The number of carbonyl (C=O) groups excluding carboxylic acids is 1. The average Bonchev–Trinajstić information content (AvgIpc) is 3.17. The van der Waals surface area contributed by atoms with Gasteiger partial charge in [0, 0.05) is 43.7 Å². The lowest BCUT2D eigenvalue weighted by atomic mass is 10.1. The van der Waals surface area contributed by atoms with E-state index in [9.17, 15) is 4.79 Å². The topological polar surface area (TPSA) is 36.4 Å². The van der Waals surface area contributed by atoms with E-state index in [1.807, 2.05) is 40.6 Å². The molecule has 0 saturated carbocycles. The van der Waals surface area contributed by atoms with Crippen molar-refractivity contribution < 1.29 is 4.79 Å². The molecular formula is C19H18ClN3OS. The van der Waals surface area contributed by atoms with Crippen LogP contribution in [0.5, 0.6) is 0 Å². The minimum absolute atomic E-state index is 0.139. The highest BCUT2D eigenvalue weighted by atomic mass is 35.5. The van der Waals surface area contributed by atoms with Gasteiger partial charge in [0.1, 0.15) is 5.15 Å². The van der Waals surface area contributed by atoms with Crippen molar-refractivity contribution in [2.24, 2.45) is 0 Å². The number of aromatic nitrogens is 1. The molecule has 6 heteroatoms. The molecule has 1 aliphatic rings. The molecule has 0 aliphatic carbocycles. The lowest BCUT2D eigenvalue weighted by molar-refractivity contribution is 0.0633. The first-order valence-electron chi connectivity index (χ1n) is 8.30. The maximum absolute atomic E-state index is 12.4. The highest BCUT2D eigenvalue weighted by molar-refractivity contribution is 7.12. The fourth-order valence-electron chi connectivity index (χ4n) is 3.15. The summed E-state index contributed by atoms with van der Waals surface area (Å²) in [4.78, 5) is 22.0. The van der Waals surface area contributed by atoms with E-state index in [1.165, 1.54) is 11.3 Å². The predicted molar refractivity (Wildman–Crippen MR) is 102 cm³/mol. The summed E-state index contributed by atoms with van der Waals surface area (Å²) in [7, 11) is 0. The Balaban J connectivity index is 1.42. The number of carbonyl (C=O) groups is 1. The minimum atomic E-state index is 0.139. The van der Waals surface area contributed by atoms with Crippen molar-refractivity contribution in [2.75, 3.05) is 26.2 Å². The van der Waals surface area contributed by atoms with Crippen LogP contribution < -0.4 is 0 Å². The van der Waals surface area contributed by atoms with Gasteiger partial charge in [-0.3, -0.25) is 9.69 Å². The van der Waals surface area contributed by atoms with Gasteiger partial charge in [-0.1, -0.05) is 35.9 Å². The SMILES string of the molecule is O=C(c1cccs1)N1CCN(Cc2cc3ccccc3nc2Cl)CC1. The Hall–Kier alpha value is -1.95. The van der Waals surface area contributed by atoms with Crippen LogP contribution in [0.15, 0.2) is 47.8 Å². The van der Waals surface area contributed by atoms with Gasteiger partial charge in [-0.05, 0) is 23.6 Å². The number of para-hydroxylation sites is 1. The van der Waals surface area contributed by atoms with E-state index >= 15 is 0 Å². The van der Waals surface area contributed by atoms with E-state index in [2.05, 4.69) is 22.0 Å². The summed E-state index contributed by atoms with van der Waals surface area (Å²) in [6.07, 6.45) is 0. The van der Waals surface area contributed by atoms with Gasteiger partial charge < -0.3 is 4.90 Å². The van der Waals surface area contributed by atoms with E-state index in [4.69, 9.17) is 11.6 Å². The van der Waals surface area contributed by atoms with E-state index < -0.39 is 0 Å². The van der Waals surface area contributed by atoms with Crippen molar-refractivity contribution in [3.8, 4) is 0 Å². The zero-order valence-electron chi connectivity index (χ0n) is 13.7. The van der Waals surface area contributed by atoms with Crippen LogP contribution in [0.4, 0.5) is 0 Å². The number of amides is 1. The van der Waals surface area contributed by atoms with Crippen LogP contribution in [0.3, 0.4) is 0 Å². The third-order valence-electron chi connectivity index (χ3n) is 4.54. The van der Waals surface area contributed by atoms with E-state index in [0.717, 1.165) is 54.1 Å². The molecule has 0 unspecified atom stereocenters. The molecule has 1 aliphatic heterocycles. The molecule has 1 saturated heterocycles. The molecule has 2 aromatic heterocycles. The molecule has 0 atom stereocenters. The van der Waals surface area contributed by atoms with Crippen molar-refractivity contribution in [2.45, 2.75) is 6.54 Å². The Morgan fingerprint density at radius 1 is 1.12 bits per heavy atom. The standard InChI is InChI=1S/C19H18ClN3OS/c20-18-15(12-14-4-1-2-5-16(14)21-18)13-22-7-9-23(10-8-22)19(24)17-6-3-11-25-17/h1-6,11-12H,7-10,13H2. The molecule has 3 aromatic rings. The van der Waals surface area contributed by atoms with Crippen molar-refractivity contribution in [3.05, 3.63) is 63.4 Å². The van der Waals surface area contributed by atoms with Gasteiger partial charge in [-0.15, -0.1) is 11.3 Å². The minimum Gasteiger partial charge on any atom is -0.335 e. The van der Waals surface area contributed by atoms with Crippen LogP contribution in [0.1, 0.15) is 15.2 Å². The number of hydrogen-bond donors (Lipinski definition) is 0. The summed E-state index contributed by atoms with van der Waals surface area (Å²) in [6.45, 7) is 3.95. The number of piperazine rings is 1. The number of nitrogens with zero attached hydrogens (tertiary/aromatic N) is 3. The number of halogens is 1. The first-order valence-corrected chi connectivity index (χ1v) is 9.56. The van der Waals surface area contributed by atoms with Gasteiger partial charge in [0.25, 0.3) is 5.91 Å². The zero-order chi connectivity index (χ0) is 17.2. The molecule has 0 bridgehead atoms. The molecule has 0 N–H and O–H groups in total. The highest BCUT2D eigenvalue weighted by Crippen LogP contribution is 2.22. The average molecular weight is 372 g/mol. The zero-order valence-corrected chi connectivity index (χ0v) is 15.3. The molecule has 3 heterocycles. The summed E-state index contributed by atoms with van der Waals surface area (Å²) in [5, 5.41) is 3.61. The molecule has 4 rings (SSSR count). The summed E-state index contributed by atoms with van der Waals surface area (Å²) in [5.74, 6) is 0.139. The molecule has 1 fully saturated rings. The maximum Gasteiger partial charge on any atom is 0.264 e. The lowest BCUT2D eigenvalue weighted by Crippen LogP contribution is -2.48. The van der Waals surface area contributed by atoms with Crippen LogP contribution in [-0.4, -0.2) is 46.9 Å². The van der Waals surface area contributed by atoms with E-state index in [-0.39, 0.29) is 5.91 Å². The first-order chi connectivity index (χ1) is 12.2. The van der Waals surface area contributed by atoms with Crippen molar-refractivity contribution in [1.29, 1.82) is 0 Å². The van der Waals surface area contributed by atoms with E-state index in [1.54, 1.807) is 0 Å². The molecule has 0 spiro atoms. The molecule has 4 nitrogen and oxygen atoms in total. The van der Waals surface area contributed by atoms with Gasteiger partial charge in [-0.2, -0.15) is 0 Å². The van der Waals surface area contributed by atoms with Crippen molar-refractivity contribution in [3.63, 3.8) is 0 Å². The Morgan fingerprint density at radius 3 is 2.68 bits per heavy atom. The number of pyridine rings is 1. The van der Waals surface area contributed by atoms with Crippen LogP contribution in [0.25, 0.3) is 10.9 Å². The van der Waals surface area contributed by atoms with Gasteiger partial charge in [0.15, 0.2) is 0 Å². The maximum atomic E-state index is 12.4. The normalized spacial score (nSPS) is 15.6. The highest BCUT2D eigenvalue weighted by Gasteiger charge is 2.23. The number of benzene rings is 1. The van der Waals surface area contributed by atoms with Crippen LogP contribution in [-0.2, 0) is 6.54 Å². The van der Waals surface area contributed by atoms with Gasteiger partial charge in [0.05, 0.1) is 10.4 Å². The first kappa shape index (κ1) is 16.5. The second kappa shape index (κ2) is 7.12. The quantitative estimate of drug-likeness (QED) is 0.655. The fourth-order valence-corrected chi connectivity index (χ4v) is 4.05. The second-order valence-corrected chi connectivity index (χ2v) is 7.48. The molecule has 25 heavy (non-hydrogen) atoms. The smallest absolute Gasteiger partial charge is 0.264 e. The number of thiophene rings is 1. The number of rotatable bonds is 3. The Morgan fingerprint density at radius 2 is 1.92 bits per heavy atom. The summed E-state index contributed by atoms with van der Waals surface area (Å²) < 4.78 is 0. The van der Waals surface area contributed by atoms with Gasteiger partial charge in [-0.25, -0.2) is 4.98 Å². The van der Waals surface area contributed by atoms with Crippen LogP contribution >= 0.6 is 22.9 Å². The second-order valence-electron chi connectivity index (χ2n) is 6.18. The molecule has 1 amide bonds. The van der Waals surface area contributed by atoms with Gasteiger partial charge in [0.2, 0.25) is 0 Å². The molecule has 128 valence electrons. The lowest BCUT2D eigenvalue weighted by Gasteiger charge is -2.34. The largest absolute Gasteiger partial charge is 0.335 e. The third kappa shape index (κ3) is 3.54. The number of fused-ring (bicyclic) bond motifs is 1. The molecule has 1 aromatic carbocycles. The van der Waals surface area contributed by atoms with E-state index in [0.29, 0.717) is 5.15 Å². The summed E-state index contributed by atoms with van der Waals surface area (Å²) >= 11 is 7.87. The molecule has 0 radical (unpaired) electrons. The Kier molecular flexibility index (Phi) is 4.70.